The molecule has 0 spiro atoms. The van der Waals surface area contributed by atoms with Crippen LogP contribution in [0.15, 0.2) is 30.5 Å². The molecule has 0 aliphatic rings. The average Bonchev–Trinajstić information content (AvgIpc) is 2.48. The molecule has 1 unspecified atom stereocenters. The van der Waals surface area contributed by atoms with E-state index in [1.807, 2.05) is 0 Å². The number of benzene rings is 1. The third-order valence-electron chi connectivity index (χ3n) is 2.94. The van der Waals surface area contributed by atoms with Crippen molar-refractivity contribution >= 4 is 17.6 Å². The molecular formula is C15H13ClFNO4. The van der Waals surface area contributed by atoms with Crippen molar-refractivity contribution in [3.63, 3.8) is 0 Å². The number of hydrogen-bond acceptors (Lipinski definition) is 5. The Morgan fingerprint density at radius 2 is 2.14 bits per heavy atom. The minimum Gasteiger partial charge on any atom is -0.504 e. The fourth-order valence-electron chi connectivity index (χ4n) is 1.85. The fourth-order valence-corrected chi connectivity index (χ4v) is 2.09. The van der Waals surface area contributed by atoms with Crippen molar-refractivity contribution < 1.29 is 23.8 Å². The molecule has 22 heavy (non-hydrogen) atoms. The molecule has 2 rings (SSSR count). The summed E-state index contributed by atoms with van der Waals surface area (Å²) in [4.78, 5) is 14.8. The van der Waals surface area contributed by atoms with Crippen molar-refractivity contribution in [2.24, 2.45) is 0 Å². The first-order chi connectivity index (χ1) is 10.4. The van der Waals surface area contributed by atoms with Crippen LogP contribution in [-0.2, 0) is 9.53 Å². The third-order valence-corrected chi connectivity index (χ3v) is 3.25. The van der Waals surface area contributed by atoms with Crippen LogP contribution in [0.3, 0.4) is 0 Å². The van der Waals surface area contributed by atoms with Gasteiger partial charge in [0, 0.05) is 6.20 Å². The first kappa shape index (κ1) is 16.0. The zero-order valence-corrected chi connectivity index (χ0v) is 12.6. The number of hydrogen-bond donors (Lipinski definition) is 1. The second kappa shape index (κ2) is 6.62. The number of carbonyl (C=O) groups excluding carboxylic acids is 1. The number of pyridine rings is 1. The van der Waals surface area contributed by atoms with Gasteiger partial charge in [0.1, 0.15) is 0 Å². The van der Waals surface area contributed by atoms with Gasteiger partial charge in [-0.25, -0.2) is 9.78 Å². The van der Waals surface area contributed by atoms with Crippen LogP contribution in [0.4, 0.5) is 4.39 Å². The van der Waals surface area contributed by atoms with Gasteiger partial charge in [-0.1, -0.05) is 17.7 Å². The van der Waals surface area contributed by atoms with Gasteiger partial charge < -0.3 is 14.6 Å². The molecule has 0 radical (unpaired) electrons. The molecule has 0 fully saturated rings. The van der Waals surface area contributed by atoms with Crippen LogP contribution in [0, 0.1) is 5.95 Å². The number of aromatic hydroxyl groups is 1. The molecule has 116 valence electrons. The van der Waals surface area contributed by atoms with Crippen LogP contribution in [0.25, 0.3) is 11.1 Å². The molecule has 0 aliphatic heterocycles. The minimum atomic E-state index is -0.888. The number of ether oxygens (including phenoxy) is 2. The van der Waals surface area contributed by atoms with E-state index in [-0.39, 0.29) is 22.1 Å². The lowest BCUT2D eigenvalue weighted by Crippen LogP contribution is -2.24. The highest BCUT2D eigenvalue weighted by Crippen LogP contribution is 2.35. The highest BCUT2D eigenvalue weighted by atomic mass is 35.5. The monoisotopic (exact) mass is 325 g/mol. The van der Waals surface area contributed by atoms with E-state index in [0.29, 0.717) is 5.56 Å². The van der Waals surface area contributed by atoms with E-state index in [0.717, 1.165) is 0 Å². The first-order valence-electron chi connectivity index (χ1n) is 6.32. The Hall–Kier alpha value is -2.34. The fraction of sp³-hybridized carbons (Fsp3) is 0.200. The molecule has 1 heterocycles. The Balaban J connectivity index is 2.32. The van der Waals surface area contributed by atoms with Crippen LogP contribution < -0.4 is 4.74 Å². The van der Waals surface area contributed by atoms with Crippen LogP contribution in [-0.4, -0.2) is 29.3 Å². The Morgan fingerprint density at radius 3 is 2.73 bits per heavy atom. The number of phenolic OH excluding ortho intramolecular Hbond substituents is 1. The zero-order chi connectivity index (χ0) is 16.3. The van der Waals surface area contributed by atoms with Gasteiger partial charge in [0.25, 0.3) is 0 Å². The van der Waals surface area contributed by atoms with Gasteiger partial charge in [0.15, 0.2) is 17.6 Å². The largest absolute Gasteiger partial charge is 0.504 e. The van der Waals surface area contributed by atoms with Gasteiger partial charge in [-0.3, -0.25) is 0 Å². The van der Waals surface area contributed by atoms with E-state index >= 15 is 0 Å². The van der Waals surface area contributed by atoms with Crippen molar-refractivity contribution in [2.45, 2.75) is 13.0 Å². The molecule has 0 amide bonds. The Morgan fingerprint density at radius 1 is 1.41 bits per heavy atom. The van der Waals surface area contributed by atoms with Crippen molar-refractivity contribution in [1.29, 1.82) is 0 Å². The van der Waals surface area contributed by atoms with Gasteiger partial charge in [-0.2, -0.15) is 4.39 Å². The summed E-state index contributed by atoms with van der Waals surface area (Å²) in [5.41, 5.74) is 0.415. The lowest BCUT2D eigenvalue weighted by Gasteiger charge is -2.14. The number of phenols is 1. The number of aromatic nitrogens is 1. The van der Waals surface area contributed by atoms with Crippen LogP contribution in [0.5, 0.6) is 11.5 Å². The second-order valence-corrected chi connectivity index (χ2v) is 4.83. The predicted molar refractivity (Wildman–Crippen MR) is 78.4 cm³/mol. The molecule has 1 aromatic carbocycles. The summed E-state index contributed by atoms with van der Waals surface area (Å²) in [7, 11) is 1.23. The second-order valence-electron chi connectivity index (χ2n) is 4.42. The predicted octanol–water partition coefficient (Wildman–Crippen LogP) is 3.19. The maximum absolute atomic E-state index is 13.8. The van der Waals surface area contributed by atoms with E-state index in [1.54, 1.807) is 0 Å². The summed E-state index contributed by atoms with van der Waals surface area (Å²) in [5.74, 6) is -1.51. The van der Waals surface area contributed by atoms with Crippen LogP contribution >= 0.6 is 11.6 Å². The van der Waals surface area contributed by atoms with E-state index in [1.165, 1.54) is 44.5 Å². The molecule has 1 atom stereocenters. The number of esters is 1. The Labute approximate surface area is 131 Å². The molecule has 7 heteroatoms. The third kappa shape index (κ3) is 3.28. The molecule has 2 aromatic rings. The SMILES string of the molecule is COC(=O)C(C)Oc1ccc(-c2c(Cl)ccnc2F)cc1O. The summed E-state index contributed by atoms with van der Waals surface area (Å²) in [6.07, 6.45) is 0.358. The number of methoxy groups -OCH3 is 1. The summed E-state index contributed by atoms with van der Waals surface area (Å²) >= 11 is 5.95. The van der Waals surface area contributed by atoms with Crippen molar-refractivity contribution in [1.82, 2.24) is 4.98 Å². The number of nitrogens with zero attached hydrogens (tertiary/aromatic N) is 1. The Kier molecular flexibility index (Phi) is 4.82. The van der Waals surface area contributed by atoms with Crippen LogP contribution in [0.2, 0.25) is 5.02 Å². The first-order valence-corrected chi connectivity index (χ1v) is 6.69. The van der Waals surface area contributed by atoms with Crippen LogP contribution in [0.1, 0.15) is 6.92 Å². The quantitative estimate of drug-likeness (QED) is 0.690. The lowest BCUT2D eigenvalue weighted by molar-refractivity contribution is -0.147. The minimum absolute atomic E-state index is 0.0714. The van der Waals surface area contributed by atoms with Crippen molar-refractivity contribution in [2.75, 3.05) is 7.11 Å². The molecule has 0 bridgehead atoms. The van der Waals surface area contributed by atoms with Gasteiger partial charge in [0.2, 0.25) is 5.95 Å². The summed E-state index contributed by atoms with van der Waals surface area (Å²) < 4.78 is 23.6. The number of halogens is 2. The number of rotatable bonds is 4. The van der Waals surface area contributed by atoms with Gasteiger partial charge in [-0.05, 0) is 30.7 Å². The standard InChI is InChI=1S/C15H13ClFNO4/c1-8(15(20)21-2)22-12-4-3-9(7-11(12)19)13-10(16)5-6-18-14(13)17/h3-8,19H,1-2H3. The average molecular weight is 326 g/mol. The number of carbonyl (C=O) groups is 1. The summed E-state index contributed by atoms with van der Waals surface area (Å²) in [5, 5.41) is 10.1. The van der Waals surface area contributed by atoms with Gasteiger partial charge >= 0.3 is 5.97 Å². The molecular weight excluding hydrogens is 313 g/mol. The van der Waals surface area contributed by atoms with Gasteiger partial charge in [-0.15, -0.1) is 0 Å². The van der Waals surface area contributed by atoms with Crippen molar-refractivity contribution in [3.8, 4) is 22.6 Å². The van der Waals surface area contributed by atoms with E-state index in [9.17, 15) is 14.3 Å². The topological polar surface area (TPSA) is 68.7 Å². The van der Waals surface area contributed by atoms with Gasteiger partial charge in [0.05, 0.1) is 17.7 Å². The molecule has 1 aromatic heterocycles. The smallest absolute Gasteiger partial charge is 0.346 e. The molecule has 0 saturated heterocycles. The lowest BCUT2D eigenvalue weighted by atomic mass is 10.1. The molecule has 5 nitrogen and oxygen atoms in total. The van der Waals surface area contributed by atoms with E-state index in [2.05, 4.69) is 9.72 Å². The zero-order valence-electron chi connectivity index (χ0n) is 11.8. The highest BCUT2D eigenvalue weighted by Gasteiger charge is 2.18. The molecule has 0 saturated carbocycles. The summed E-state index contributed by atoms with van der Waals surface area (Å²) in [6.45, 7) is 1.48. The normalized spacial score (nSPS) is 11.8. The highest BCUT2D eigenvalue weighted by molar-refractivity contribution is 6.33. The molecule has 0 aliphatic carbocycles. The van der Waals surface area contributed by atoms with Crippen molar-refractivity contribution in [3.05, 3.63) is 41.4 Å². The molecule has 1 N–H and O–H groups in total. The van der Waals surface area contributed by atoms with E-state index in [4.69, 9.17) is 16.3 Å². The summed E-state index contributed by atoms with van der Waals surface area (Å²) in [6, 6.07) is 5.64. The maximum Gasteiger partial charge on any atom is 0.346 e. The Bertz CT molecular complexity index is 688. The maximum atomic E-state index is 13.8. The van der Waals surface area contributed by atoms with E-state index < -0.39 is 18.0 Å².